The molecule has 0 aliphatic heterocycles. The molecule has 2 aromatic carbocycles. The van der Waals surface area contributed by atoms with E-state index in [0.717, 1.165) is 0 Å². The SMILES string of the molecule is CCOc1cc(/C=C/C(=O)CC(=O)/C=C/c2ccc(O)c(OC)c2)ccc1O.O. The van der Waals surface area contributed by atoms with Gasteiger partial charge in [-0.2, -0.15) is 0 Å². The van der Waals surface area contributed by atoms with Crippen molar-refractivity contribution in [1.82, 2.24) is 0 Å². The molecule has 0 unspecified atom stereocenters. The average molecular weight is 400 g/mol. The molecule has 0 saturated heterocycles. The summed E-state index contributed by atoms with van der Waals surface area (Å²) in [5.74, 6) is -0.0229. The Balaban J connectivity index is 0.00000420. The van der Waals surface area contributed by atoms with Crippen molar-refractivity contribution in [3.8, 4) is 23.0 Å². The van der Waals surface area contributed by atoms with Crippen LogP contribution >= 0.6 is 0 Å². The van der Waals surface area contributed by atoms with Gasteiger partial charge in [-0.3, -0.25) is 9.59 Å². The second-order valence-corrected chi connectivity index (χ2v) is 5.87. The first-order valence-corrected chi connectivity index (χ1v) is 8.67. The maximum absolute atomic E-state index is 12.0. The van der Waals surface area contributed by atoms with Crippen molar-refractivity contribution in [3.05, 3.63) is 59.7 Å². The van der Waals surface area contributed by atoms with Crippen molar-refractivity contribution >= 4 is 23.7 Å². The summed E-state index contributed by atoms with van der Waals surface area (Å²) in [6.45, 7) is 2.21. The summed E-state index contributed by atoms with van der Waals surface area (Å²) < 4.78 is 10.3. The normalized spacial score (nSPS) is 10.7. The minimum absolute atomic E-state index is 0. The van der Waals surface area contributed by atoms with Gasteiger partial charge in [0.15, 0.2) is 34.6 Å². The van der Waals surface area contributed by atoms with Crippen LogP contribution in [0.25, 0.3) is 12.2 Å². The number of ether oxygens (including phenoxy) is 2. The average Bonchev–Trinajstić information content (AvgIpc) is 2.68. The maximum atomic E-state index is 12.0. The predicted octanol–water partition coefficient (Wildman–Crippen LogP) is 2.94. The summed E-state index contributed by atoms with van der Waals surface area (Å²) in [4.78, 5) is 24.0. The van der Waals surface area contributed by atoms with Gasteiger partial charge in [0.1, 0.15) is 0 Å². The predicted molar refractivity (Wildman–Crippen MR) is 110 cm³/mol. The Hall–Kier alpha value is -3.58. The third kappa shape index (κ3) is 7.15. The van der Waals surface area contributed by atoms with Gasteiger partial charge in [0.2, 0.25) is 0 Å². The van der Waals surface area contributed by atoms with Crippen LogP contribution in [0.15, 0.2) is 48.6 Å². The van der Waals surface area contributed by atoms with Crippen molar-refractivity contribution in [3.63, 3.8) is 0 Å². The number of carbonyl (C=O) groups excluding carboxylic acids is 2. The van der Waals surface area contributed by atoms with Crippen LogP contribution in [0.2, 0.25) is 0 Å². The molecule has 2 rings (SSSR count). The number of carbonyl (C=O) groups is 2. The Labute approximate surface area is 168 Å². The number of phenolic OH excluding ortho intramolecular Hbond substituents is 2. The molecule has 7 nitrogen and oxygen atoms in total. The van der Waals surface area contributed by atoms with Gasteiger partial charge in [-0.15, -0.1) is 0 Å². The van der Waals surface area contributed by atoms with E-state index in [1.165, 1.54) is 31.4 Å². The third-order valence-electron chi connectivity index (χ3n) is 3.76. The number of phenols is 2. The van der Waals surface area contributed by atoms with E-state index < -0.39 is 0 Å². The second kappa shape index (κ2) is 11.3. The highest BCUT2D eigenvalue weighted by molar-refractivity contribution is 6.10. The van der Waals surface area contributed by atoms with Crippen LogP contribution in [-0.4, -0.2) is 41.0 Å². The number of benzene rings is 2. The second-order valence-electron chi connectivity index (χ2n) is 5.87. The summed E-state index contributed by atoms with van der Waals surface area (Å²) >= 11 is 0. The molecule has 0 aliphatic carbocycles. The lowest BCUT2D eigenvalue weighted by Crippen LogP contribution is -2.01. The Bertz CT molecular complexity index is 913. The lowest BCUT2D eigenvalue weighted by molar-refractivity contribution is -0.121. The number of hydrogen-bond acceptors (Lipinski definition) is 6. The number of aromatic hydroxyl groups is 2. The minimum Gasteiger partial charge on any atom is -0.504 e. The van der Waals surface area contributed by atoms with E-state index in [1.807, 2.05) is 0 Å². The van der Waals surface area contributed by atoms with Crippen LogP contribution in [0.4, 0.5) is 0 Å². The molecule has 0 aliphatic rings. The summed E-state index contributed by atoms with van der Waals surface area (Å²) in [6, 6.07) is 9.41. The molecule has 0 aromatic heterocycles. The smallest absolute Gasteiger partial charge is 0.163 e. The molecule has 2 aromatic rings. The lowest BCUT2D eigenvalue weighted by Gasteiger charge is -2.06. The van der Waals surface area contributed by atoms with E-state index in [-0.39, 0.29) is 35.0 Å². The Morgan fingerprint density at radius 1 is 0.897 bits per heavy atom. The molecule has 0 atom stereocenters. The summed E-state index contributed by atoms with van der Waals surface area (Å²) in [7, 11) is 1.43. The third-order valence-corrected chi connectivity index (χ3v) is 3.76. The highest BCUT2D eigenvalue weighted by Crippen LogP contribution is 2.28. The maximum Gasteiger partial charge on any atom is 0.163 e. The van der Waals surface area contributed by atoms with Gasteiger partial charge in [0.05, 0.1) is 20.1 Å². The topological polar surface area (TPSA) is 125 Å². The summed E-state index contributed by atoms with van der Waals surface area (Å²) in [5.41, 5.74) is 1.34. The van der Waals surface area contributed by atoms with Crippen molar-refractivity contribution in [2.24, 2.45) is 0 Å². The molecule has 0 fully saturated rings. The number of ketones is 2. The van der Waals surface area contributed by atoms with E-state index in [4.69, 9.17) is 9.47 Å². The minimum atomic E-state index is -0.345. The van der Waals surface area contributed by atoms with Gasteiger partial charge < -0.3 is 25.2 Å². The van der Waals surface area contributed by atoms with Gasteiger partial charge in [0, 0.05) is 0 Å². The lowest BCUT2D eigenvalue weighted by atomic mass is 10.1. The molecule has 0 heterocycles. The van der Waals surface area contributed by atoms with Crippen molar-refractivity contribution in [1.29, 1.82) is 0 Å². The Morgan fingerprint density at radius 2 is 1.38 bits per heavy atom. The zero-order valence-electron chi connectivity index (χ0n) is 16.2. The number of allylic oxidation sites excluding steroid dienone is 2. The molecule has 0 saturated carbocycles. The molecule has 0 radical (unpaired) electrons. The van der Waals surface area contributed by atoms with Gasteiger partial charge in [0.25, 0.3) is 0 Å². The summed E-state index contributed by atoms with van der Waals surface area (Å²) in [5, 5.41) is 19.2. The Kier molecular flexibility index (Phi) is 9.15. The number of rotatable bonds is 9. The van der Waals surface area contributed by atoms with Gasteiger partial charge in [-0.25, -0.2) is 0 Å². The number of hydrogen-bond donors (Lipinski definition) is 2. The van der Waals surface area contributed by atoms with Gasteiger partial charge in [-0.05, 0) is 54.5 Å². The van der Waals surface area contributed by atoms with E-state index in [1.54, 1.807) is 43.3 Å². The van der Waals surface area contributed by atoms with Crippen LogP contribution in [0.1, 0.15) is 24.5 Å². The quantitative estimate of drug-likeness (QED) is 0.492. The first-order chi connectivity index (χ1) is 13.4. The van der Waals surface area contributed by atoms with Crippen molar-refractivity contribution in [2.45, 2.75) is 13.3 Å². The first kappa shape index (κ1) is 23.5. The van der Waals surface area contributed by atoms with E-state index in [0.29, 0.717) is 29.2 Å². The molecule has 0 bridgehead atoms. The zero-order chi connectivity index (χ0) is 20.5. The first-order valence-electron chi connectivity index (χ1n) is 8.67. The highest BCUT2D eigenvalue weighted by atomic mass is 16.5. The van der Waals surface area contributed by atoms with Crippen molar-refractivity contribution in [2.75, 3.05) is 13.7 Å². The molecule has 4 N–H and O–H groups in total. The largest absolute Gasteiger partial charge is 0.504 e. The van der Waals surface area contributed by atoms with Crippen LogP contribution in [-0.2, 0) is 9.59 Å². The van der Waals surface area contributed by atoms with Crippen LogP contribution in [0.5, 0.6) is 23.0 Å². The van der Waals surface area contributed by atoms with E-state index in [9.17, 15) is 19.8 Å². The molecule has 29 heavy (non-hydrogen) atoms. The summed E-state index contributed by atoms with van der Waals surface area (Å²) in [6.07, 6.45) is 5.48. The van der Waals surface area contributed by atoms with E-state index >= 15 is 0 Å². The fraction of sp³-hybridized carbons (Fsp3) is 0.182. The van der Waals surface area contributed by atoms with Crippen molar-refractivity contribution < 1.29 is 34.8 Å². The molecule has 0 spiro atoms. The number of methoxy groups -OCH3 is 1. The fourth-order valence-corrected chi connectivity index (χ4v) is 2.37. The highest BCUT2D eigenvalue weighted by Gasteiger charge is 2.06. The zero-order valence-corrected chi connectivity index (χ0v) is 16.2. The van der Waals surface area contributed by atoms with Crippen LogP contribution < -0.4 is 9.47 Å². The molecular weight excluding hydrogens is 376 g/mol. The molecule has 0 amide bonds. The van der Waals surface area contributed by atoms with Crippen LogP contribution in [0, 0.1) is 0 Å². The fourth-order valence-electron chi connectivity index (χ4n) is 2.37. The van der Waals surface area contributed by atoms with Gasteiger partial charge >= 0.3 is 0 Å². The standard InChI is InChI=1S/C22H22O6.H2O/c1-3-28-22-13-16(7-11-20(22)26)5-9-18(24)14-17(23)8-4-15-6-10-19(25)21(12-15)27-2;/h4-13,25-26H,3,14H2,1-2H3;1H2/b8-4+,9-5+;. The molecule has 154 valence electrons. The Morgan fingerprint density at radius 3 is 1.86 bits per heavy atom. The van der Waals surface area contributed by atoms with E-state index in [2.05, 4.69) is 0 Å². The molecule has 7 heteroatoms. The van der Waals surface area contributed by atoms with Crippen LogP contribution in [0.3, 0.4) is 0 Å². The monoisotopic (exact) mass is 400 g/mol. The van der Waals surface area contributed by atoms with Gasteiger partial charge in [-0.1, -0.05) is 24.3 Å². The molecular formula is C22H24O7.